The van der Waals surface area contributed by atoms with Crippen LogP contribution in [0.2, 0.25) is 0 Å². The molecule has 0 fully saturated rings. The van der Waals surface area contributed by atoms with Crippen molar-refractivity contribution in [2.24, 2.45) is 0 Å². The molecular formula is C14H13IN2O3. The van der Waals surface area contributed by atoms with Crippen LogP contribution < -0.4 is 15.8 Å². The molecule has 2 rings (SSSR count). The van der Waals surface area contributed by atoms with Gasteiger partial charge in [0.15, 0.2) is 0 Å². The summed E-state index contributed by atoms with van der Waals surface area (Å²) in [5, 5.41) is 12.3. The van der Waals surface area contributed by atoms with Crippen LogP contribution in [-0.4, -0.2) is 18.1 Å². The molecule has 5 nitrogen and oxygen atoms in total. The Kier molecular flexibility index (Phi) is 4.33. The number of phenols is 1. The maximum atomic E-state index is 12.0. The van der Waals surface area contributed by atoms with E-state index in [1.807, 2.05) is 22.6 Å². The van der Waals surface area contributed by atoms with Crippen molar-refractivity contribution in [1.29, 1.82) is 0 Å². The lowest BCUT2D eigenvalue weighted by atomic mass is 10.2. The Labute approximate surface area is 129 Å². The van der Waals surface area contributed by atoms with Gasteiger partial charge in [-0.1, -0.05) is 0 Å². The van der Waals surface area contributed by atoms with Gasteiger partial charge in [-0.05, 0) is 59.0 Å². The van der Waals surface area contributed by atoms with Crippen LogP contribution in [0.1, 0.15) is 10.4 Å². The van der Waals surface area contributed by atoms with Gasteiger partial charge in [0.1, 0.15) is 11.5 Å². The van der Waals surface area contributed by atoms with Gasteiger partial charge in [0.25, 0.3) is 5.91 Å². The number of rotatable bonds is 3. The highest BCUT2D eigenvalue weighted by Gasteiger charge is 2.09. The molecule has 0 bridgehead atoms. The number of amides is 1. The van der Waals surface area contributed by atoms with Crippen LogP contribution in [0.3, 0.4) is 0 Å². The number of carbonyl (C=O) groups is 1. The monoisotopic (exact) mass is 384 g/mol. The zero-order valence-corrected chi connectivity index (χ0v) is 12.8. The Morgan fingerprint density at radius 3 is 2.65 bits per heavy atom. The maximum Gasteiger partial charge on any atom is 0.255 e. The fraction of sp³-hybridized carbons (Fsp3) is 0.0714. The topological polar surface area (TPSA) is 84.6 Å². The molecule has 1 amide bonds. The van der Waals surface area contributed by atoms with E-state index in [0.29, 0.717) is 26.3 Å². The second kappa shape index (κ2) is 6.00. The maximum absolute atomic E-state index is 12.0. The summed E-state index contributed by atoms with van der Waals surface area (Å²) in [5.74, 6) is 0.309. The molecule has 0 atom stereocenters. The average molecular weight is 384 g/mol. The van der Waals surface area contributed by atoms with Crippen LogP contribution in [0.5, 0.6) is 11.5 Å². The summed E-state index contributed by atoms with van der Waals surface area (Å²) >= 11 is 1.99. The van der Waals surface area contributed by atoms with Crippen LogP contribution in [0.25, 0.3) is 0 Å². The minimum atomic E-state index is -0.318. The number of nitrogen functional groups attached to an aromatic ring is 1. The first kappa shape index (κ1) is 14.4. The van der Waals surface area contributed by atoms with E-state index >= 15 is 0 Å². The molecule has 20 heavy (non-hydrogen) atoms. The van der Waals surface area contributed by atoms with Gasteiger partial charge in [-0.3, -0.25) is 4.79 Å². The number of methoxy groups -OCH3 is 1. The number of hydrogen-bond donors (Lipinski definition) is 3. The Morgan fingerprint density at radius 2 is 2.05 bits per heavy atom. The molecule has 2 aromatic rings. The molecule has 6 heteroatoms. The standard InChI is InChI=1S/C14H13IN2O3/c1-20-13-5-3-9(7-11(13)16)17-14(19)8-2-4-10(15)12(18)6-8/h2-7,18H,16H2,1H3,(H,17,19). The Hall–Kier alpha value is -1.96. The first-order valence-corrected chi connectivity index (χ1v) is 6.82. The van der Waals surface area contributed by atoms with Gasteiger partial charge < -0.3 is 20.9 Å². The predicted octanol–water partition coefficient (Wildman–Crippen LogP) is 2.84. The van der Waals surface area contributed by atoms with E-state index in [2.05, 4.69) is 5.32 Å². The molecule has 0 heterocycles. The van der Waals surface area contributed by atoms with Crippen molar-refractivity contribution in [2.75, 3.05) is 18.2 Å². The van der Waals surface area contributed by atoms with Crippen LogP contribution >= 0.6 is 22.6 Å². The highest BCUT2D eigenvalue weighted by Crippen LogP contribution is 2.25. The highest BCUT2D eigenvalue weighted by atomic mass is 127. The predicted molar refractivity (Wildman–Crippen MR) is 86.2 cm³/mol. The molecule has 104 valence electrons. The van der Waals surface area contributed by atoms with Crippen LogP contribution in [0, 0.1) is 3.57 Å². The second-order valence-corrected chi connectivity index (χ2v) is 5.24. The summed E-state index contributed by atoms with van der Waals surface area (Å²) in [7, 11) is 1.53. The van der Waals surface area contributed by atoms with Crippen LogP contribution in [-0.2, 0) is 0 Å². The third kappa shape index (κ3) is 3.13. The Balaban J connectivity index is 2.19. The number of nitrogens with two attached hydrogens (primary N) is 1. The number of benzene rings is 2. The van der Waals surface area contributed by atoms with Gasteiger partial charge in [-0.15, -0.1) is 0 Å². The number of halogens is 1. The van der Waals surface area contributed by atoms with Crippen LogP contribution in [0.15, 0.2) is 36.4 Å². The van der Waals surface area contributed by atoms with Crippen molar-refractivity contribution in [3.63, 3.8) is 0 Å². The van der Waals surface area contributed by atoms with Gasteiger partial charge in [0.2, 0.25) is 0 Å². The zero-order chi connectivity index (χ0) is 14.7. The van der Waals surface area contributed by atoms with Crippen molar-refractivity contribution < 1.29 is 14.6 Å². The van der Waals surface area contributed by atoms with E-state index in [9.17, 15) is 9.90 Å². The number of phenolic OH excluding ortho intramolecular Hbond substituents is 1. The van der Waals surface area contributed by atoms with E-state index < -0.39 is 0 Å². The zero-order valence-electron chi connectivity index (χ0n) is 10.7. The van der Waals surface area contributed by atoms with Crippen molar-refractivity contribution in [3.8, 4) is 11.5 Å². The molecule has 4 N–H and O–H groups in total. The summed E-state index contributed by atoms with van der Waals surface area (Å²) < 4.78 is 5.73. The van der Waals surface area contributed by atoms with Gasteiger partial charge in [-0.2, -0.15) is 0 Å². The SMILES string of the molecule is COc1ccc(NC(=O)c2ccc(I)c(O)c2)cc1N. The molecule has 2 aromatic carbocycles. The lowest BCUT2D eigenvalue weighted by Gasteiger charge is -2.09. The minimum absolute atomic E-state index is 0.0764. The van der Waals surface area contributed by atoms with Gasteiger partial charge in [-0.25, -0.2) is 0 Å². The van der Waals surface area contributed by atoms with E-state index in [0.717, 1.165) is 0 Å². The molecule has 0 aromatic heterocycles. The molecular weight excluding hydrogens is 371 g/mol. The lowest BCUT2D eigenvalue weighted by molar-refractivity contribution is 0.102. The van der Waals surface area contributed by atoms with Crippen molar-refractivity contribution in [3.05, 3.63) is 45.5 Å². The van der Waals surface area contributed by atoms with E-state index in [4.69, 9.17) is 10.5 Å². The van der Waals surface area contributed by atoms with E-state index in [-0.39, 0.29) is 11.7 Å². The van der Waals surface area contributed by atoms with Gasteiger partial charge in [0.05, 0.1) is 16.4 Å². The first-order chi connectivity index (χ1) is 9.51. The second-order valence-electron chi connectivity index (χ2n) is 4.08. The molecule has 0 saturated carbocycles. The Bertz CT molecular complexity index is 659. The van der Waals surface area contributed by atoms with Crippen LogP contribution in [0.4, 0.5) is 11.4 Å². The molecule has 0 aliphatic carbocycles. The smallest absolute Gasteiger partial charge is 0.255 e. The molecule has 0 saturated heterocycles. The summed E-state index contributed by atoms with van der Waals surface area (Å²) in [4.78, 5) is 12.0. The first-order valence-electron chi connectivity index (χ1n) is 5.74. The summed E-state index contributed by atoms with van der Waals surface area (Å²) in [6.07, 6.45) is 0. The molecule has 0 spiro atoms. The molecule has 0 unspecified atom stereocenters. The van der Waals surface area contributed by atoms with E-state index in [1.54, 1.807) is 30.3 Å². The van der Waals surface area contributed by atoms with Gasteiger partial charge >= 0.3 is 0 Å². The number of hydrogen-bond acceptors (Lipinski definition) is 4. The summed E-state index contributed by atoms with van der Waals surface area (Å²) in [5.41, 5.74) is 7.15. The fourth-order valence-corrected chi connectivity index (χ4v) is 2.00. The Morgan fingerprint density at radius 1 is 1.30 bits per heavy atom. The average Bonchev–Trinajstić information content (AvgIpc) is 2.42. The number of nitrogens with one attached hydrogen (secondary N) is 1. The fourth-order valence-electron chi connectivity index (χ4n) is 1.67. The van der Waals surface area contributed by atoms with E-state index in [1.165, 1.54) is 13.2 Å². The van der Waals surface area contributed by atoms with Crippen molar-refractivity contribution in [2.45, 2.75) is 0 Å². The molecule has 0 radical (unpaired) electrons. The number of aromatic hydroxyl groups is 1. The molecule has 0 aliphatic heterocycles. The molecule has 0 aliphatic rings. The summed E-state index contributed by atoms with van der Waals surface area (Å²) in [6.45, 7) is 0. The number of ether oxygens (including phenoxy) is 1. The quantitative estimate of drug-likeness (QED) is 0.561. The third-order valence-corrected chi connectivity index (χ3v) is 3.61. The van der Waals surface area contributed by atoms with Crippen molar-refractivity contribution in [1.82, 2.24) is 0 Å². The number of anilines is 2. The minimum Gasteiger partial charge on any atom is -0.507 e. The normalized spacial score (nSPS) is 10.1. The van der Waals surface area contributed by atoms with Gasteiger partial charge in [0, 0.05) is 11.3 Å². The number of carbonyl (C=O) groups excluding carboxylic acids is 1. The summed E-state index contributed by atoms with van der Waals surface area (Å²) in [6, 6.07) is 9.72. The largest absolute Gasteiger partial charge is 0.507 e. The lowest BCUT2D eigenvalue weighted by Crippen LogP contribution is -2.12. The van der Waals surface area contributed by atoms with Crippen molar-refractivity contribution >= 4 is 39.9 Å². The third-order valence-electron chi connectivity index (χ3n) is 2.70. The highest BCUT2D eigenvalue weighted by molar-refractivity contribution is 14.1.